The van der Waals surface area contributed by atoms with E-state index < -0.39 is 5.67 Å². The minimum Gasteiger partial charge on any atom is -0.393 e. The van der Waals surface area contributed by atoms with Crippen LogP contribution in [0.4, 0.5) is 4.39 Å². The molecule has 2 aliphatic rings. The van der Waals surface area contributed by atoms with E-state index in [2.05, 4.69) is 6.92 Å². The van der Waals surface area contributed by atoms with E-state index in [1.54, 1.807) is 6.92 Å². The molecular weight excluding hydrogens is 255 g/mol. The summed E-state index contributed by atoms with van der Waals surface area (Å²) in [5.41, 5.74) is -1.24. The smallest absolute Gasteiger partial charge is 0.134 e. The van der Waals surface area contributed by atoms with E-state index >= 15 is 0 Å². The molecule has 0 radical (unpaired) electrons. The van der Waals surface area contributed by atoms with Gasteiger partial charge in [-0.05, 0) is 63.2 Å². The Morgan fingerprint density at radius 1 is 1.15 bits per heavy atom. The average Bonchev–Trinajstić information content (AvgIpc) is 2.98. The van der Waals surface area contributed by atoms with Crippen molar-refractivity contribution in [2.75, 3.05) is 0 Å². The molecule has 0 aromatic heterocycles. The number of alkyl halides is 1. The summed E-state index contributed by atoms with van der Waals surface area (Å²) in [4.78, 5) is 0. The van der Waals surface area contributed by atoms with Gasteiger partial charge in [-0.2, -0.15) is 0 Å². The first-order valence-corrected chi connectivity index (χ1v) is 8.45. The van der Waals surface area contributed by atoms with E-state index in [4.69, 9.17) is 4.74 Å². The van der Waals surface area contributed by atoms with Crippen LogP contribution in [0.15, 0.2) is 0 Å². The number of hydrogen-bond donors (Lipinski definition) is 1. The van der Waals surface area contributed by atoms with Gasteiger partial charge in [0.25, 0.3) is 0 Å². The minimum absolute atomic E-state index is 0.0992. The third kappa shape index (κ3) is 3.04. The van der Waals surface area contributed by atoms with Crippen LogP contribution in [0.3, 0.4) is 0 Å². The van der Waals surface area contributed by atoms with Gasteiger partial charge in [0.1, 0.15) is 5.67 Å². The Hall–Kier alpha value is -0.150. The molecule has 7 atom stereocenters. The Labute approximate surface area is 123 Å². The van der Waals surface area contributed by atoms with Gasteiger partial charge in [0.05, 0.1) is 18.3 Å². The van der Waals surface area contributed by atoms with Crippen molar-refractivity contribution < 1.29 is 14.2 Å². The molecule has 2 bridgehead atoms. The minimum atomic E-state index is -1.24. The van der Waals surface area contributed by atoms with Crippen LogP contribution in [-0.2, 0) is 4.74 Å². The van der Waals surface area contributed by atoms with Gasteiger partial charge in [0, 0.05) is 0 Å². The monoisotopic (exact) mass is 286 g/mol. The summed E-state index contributed by atoms with van der Waals surface area (Å²) < 4.78 is 20.8. The summed E-state index contributed by atoms with van der Waals surface area (Å²) >= 11 is 0. The van der Waals surface area contributed by atoms with Crippen LogP contribution in [0.1, 0.15) is 66.2 Å². The molecule has 1 N–H and O–H groups in total. The first-order valence-electron chi connectivity index (χ1n) is 8.45. The van der Waals surface area contributed by atoms with Crippen molar-refractivity contribution in [2.24, 2.45) is 17.8 Å². The molecule has 118 valence electrons. The standard InChI is InChI=1S/C17H31FO2/c1-5-15(20-16(6-2)17(4,18)7-3)13-9-12-8-11(13)10-14(12)19/h11-16,19H,5-10H2,1-4H3. The quantitative estimate of drug-likeness (QED) is 0.763. The first-order chi connectivity index (χ1) is 9.42. The highest BCUT2D eigenvalue weighted by Crippen LogP contribution is 2.51. The lowest BCUT2D eigenvalue weighted by Gasteiger charge is -2.37. The second-order valence-corrected chi connectivity index (χ2v) is 7.07. The summed E-state index contributed by atoms with van der Waals surface area (Å²) in [7, 11) is 0. The lowest BCUT2D eigenvalue weighted by molar-refractivity contribution is -0.121. The molecule has 0 amide bonds. The van der Waals surface area contributed by atoms with Crippen molar-refractivity contribution in [3.8, 4) is 0 Å². The van der Waals surface area contributed by atoms with E-state index in [0.29, 0.717) is 24.2 Å². The molecule has 2 nitrogen and oxygen atoms in total. The normalized spacial score (nSPS) is 38.7. The van der Waals surface area contributed by atoms with Gasteiger partial charge in [0.2, 0.25) is 0 Å². The fourth-order valence-corrected chi connectivity index (χ4v) is 4.35. The summed E-state index contributed by atoms with van der Waals surface area (Å²) in [5.74, 6) is 1.57. The predicted molar refractivity (Wildman–Crippen MR) is 79.4 cm³/mol. The molecule has 2 fully saturated rings. The summed E-state index contributed by atoms with van der Waals surface area (Å²) in [6, 6.07) is 0. The van der Waals surface area contributed by atoms with Crippen molar-refractivity contribution in [3.05, 3.63) is 0 Å². The van der Waals surface area contributed by atoms with E-state index in [9.17, 15) is 9.50 Å². The maximum absolute atomic E-state index is 14.6. The molecule has 20 heavy (non-hydrogen) atoms. The highest BCUT2D eigenvalue weighted by atomic mass is 19.1. The highest BCUT2D eigenvalue weighted by molar-refractivity contribution is 4.98. The van der Waals surface area contributed by atoms with Crippen molar-refractivity contribution in [1.82, 2.24) is 0 Å². The lowest BCUT2D eigenvalue weighted by atomic mass is 9.82. The fraction of sp³-hybridized carbons (Fsp3) is 1.00. The zero-order valence-electron chi connectivity index (χ0n) is 13.4. The molecule has 3 heteroatoms. The van der Waals surface area contributed by atoms with Crippen molar-refractivity contribution >= 4 is 0 Å². The van der Waals surface area contributed by atoms with Crippen molar-refractivity contribution in [2.45, 2.75) is 90.2 Å². The number of hydrogen-bond acceptors (Lipinski definition) is 2. The van der Waals surface area contributed by atoms with Crippen LogP contribution in [-0.4, -0.2) is 29.1 Å². The van der Waals surface area contributed by atoms with Crippen LogP contribution in [0, 0.1) is 17.8 Å². The topological polar surface area (TPSA) is 29.5 Å². The molecule has 2 saturated carbocycles. The molecule has 0 aromatic carbocycles. The molecule has 2 aliphatic carbocycles. The Bertz CT molecular complexity index is 316. The van der Waals surface area contributed by atoms with Gasteiger partial charge in [-0.1, -0.05) is 20.8 Å². The third-order valence-electron chi connectivity index (χ3n) is 5.83. The summed E-state index contributed by atoms with van der Waals surface area (Å²) in [6.07, 6.45) is 5.05. The van der Waals surface area contributed by atoms with Crippen LogP contribution in [0.5, 0.6) is 0 Å². The average molecular weight is 286 g/mol. The SMILES string of the molecule is CCC(OC(CC)C(C)(F)CC)C1CC2CC1CC2O. The molecule has 0 aromatic rings. The van der Waals surface area contributed by atoms with Gasteiger partial charge in [0.15, 0.2) is 0 Å². The van der Waals surface area contributed by atoms with Gasteiger partial charge >= 0.3 is 0 Å². The van der Waals surface area contributed by atoms with Crippen molar-refractivity contribution in [3.63, 3.8) is 0 Å². The maximum Gasteiger partial charge on any atom is 0.134 e. The Morgan fingerprint density at radius 2 is 1.85 bits per heavy atom. The Kier molecular flexibility index (Phi) is 5.12. The predicted octanol–water partition coefficient (Wildman–Crippen LogP) is 4.11. The van der Waals surface area contributed by atoms with Crippen LogP contribution in [0.25, 0.3) is 0 Å². The number of fused-ring (bicyclic) bond motifs is 2. The molecule has 7 unspecified atom stereocenters. The van der Waals surface area contributed by atoms with Gasteiger partial charge in [-0.15, -0.1) is 0 Å². The Morgan fingerprint density at radius 3 is 2.25 bits per heavy atom. The van der Waals surface area contributed by atoms with Gasteiger partial charge < -0.3 is 9.84 Å². The van der Waals surface area contributed by atoms with Gasteiger partial charge in [-0.25, -0.2) is 4.39 Å². The van der Waals surface area contributed by atoms with Gasteiger partial charge in [-0.3, -0.25) is 0 Å². The molecule has 2 rings (SSSR count). The zero-order chi connectivity index (χ0) is 14.9. The third-order valence-corrected chi connectivity index (χ3v) is 5.83. The number of aliphatic hydroxyl groups is 1. The number of aliphatic hydroxyl groups excluding tert-OH is 1. The largest absolute Gasteiger partial charge is 0.393 e. The highest BCUT2D eigenvalue weighted by Gasteiger charge is 2.48. The van der Waals surface area contributed by atoms with Crippen LogP contribution in [0.2, 0.25) is 0 Å². The Balaban J connectivity index is 1.99. The van der Waals surface area contributed by atoms with E-state index in [1.165, 1.54) is 0 Å². The van der Waals surface area contributed by atoms with E-state index in [-0.39, 0.29) is 18.3 Å². The molecule has 0 heterocycles. The zero-order valence-corrected chi connectivity index (χ0v) is 13.4. The second kappa shape index (κ2) is 6.31. The molecule has 0 aliphatic heterocycles. The second-order valence-electron chi connectivity index (χ2n) is 7.07. The van der Waals surface area contributed by atoms with E-state index in [0.717, 1.165) is 32.1 Å². The summed E-state index contributed by atoms with van der Waals surface area (Å²) in [6.45, 7) is 7.70. The molecule has 0 saturated heterocycles. The maximum atomic E-state index is 14.6. The fourth-order valence-electron chi connectivity index (χ4n) is 4.35. The number of ether oxygens (including phenoxy) is 1. The molecule has 0 spiro atoms. The first kappa shape index (κ1) is 16.2. The summed E-state index contributed by atoms with van der Waals surface area (Å²) in [5, 5.41) is 9.89. The lowest BCUT2D eigenvalue weighted by Crippen LogP contribution is -2.42. The number of rotatable bonds is 7. The molecular formula is C17H31FO2. The van der Waals surface area contributed by atoms with Crippen LogP contribution >= 0.6 is 0 Å². The van der Waals surface area contributed by atoms with Crippen LogP contribution < -0.4 is 0 Å². The van der Waals surface area contributed by atoms with Crippen molar-refractivity contribution in [1.29, 1.82) is 0 Å². The van der Waals surface area contributed by atoms with E-state index in [1.807, 2.05) is 13.8 Å². The number of halogens is 1.